The number of anilines is 1. The molecule has 1 fully saturated rings. The van der Waals surface area contributed by atoms with Gasteiger partial charge in [-0.3, -0.25) is 0 Å². The molecule has 0 unspecified atom stereocenters. The number of benzene rings is 1. The van der Waals surface area contributed by atoms with Gasteiger partial charge in [-0.25, -0.2) is 4.79 Å². The topological polar surface area (TPSA) is 41.6 Å². The van der Waals surface area contributed by atoms with Crippen LogP contribution in [0.25, 0.3) is 0 Å². The Balaban J connectivity index is 2.18. The second-order valence-corrected chi connectivity index (χ2v) is 3.90. The zero-order chi connectivity index (χ0) is 11.5. The van der Waals surface area contributed by atoms with Gasteiger partial charge in [0.2, 0.25) is 0 Å². The highest BCUT2D eigenvalue weighted by Gasteiger charge is 2.28. The maximum atomic E-state index is 11.6. The van der Waals surface area contributed by atoms with Gasteiger partial charge in [-0.1, -0.05) is 12.1 Å². The van der Waals surface area contributed by atoms with Crippen LogP contribution in [0.15, 0.2) is 24.3 Å². The highest BCUT2D eigenvalue weighted by molar-refractivity contribution is 5.96. The number of esters is 1. The van der Waals surface area contributed by atoms with E-state index in [0.717, 1.165) is 18.8 Å². The Kier molecular flexibility index (Phi) is 3.10. The van der Waals surface area contributed by atoms with Crippen LogP contribution in [0.5, 0.6) is 0 Å². The number of para-hydroxylation sites is 1. The number of hydrogen-bond acceptors (Lipinski definition) is 4. The van der Waals surface area contributed by atoms with Crippen molar-refractivity contribution in [3.05, 3.63) is 29.8 Å². The highest BCUT2D eigenvalue weighted by Crippen LogP contribution is 2.25. The van der Waals surface area contributed by atoms with Gasteiger partial charge >= 0.3 is 5.97 Å². The largest absolute Gasteiger partial charge is 0.465 e. The molecule has 4 nitrogen and oxygen atoms in total. The molecule has 0 amide bonds. The Bertz CT molecular complexity index is 386. The number of carbonyl (C=O) groups excluding carboxylic acids is 1. The van der Waals surface area contributed by atoms with Crippen LogP contribution in [0.4, 0.5) is 5.69 Å². The molecule has 0 radical (unpaired) electrons. The summed E-state index contributed by atoms with van der Waals surface area (Å²) in [6, 6.07) is 8.07. The van der Waals surface area contributed by atoms with Gasteiger partial charge in [0.15, 0.2) is 0 Å². The molecule has 1 aromatic carbocycles. The molecule has 2 rings (SSSR count). The van der Waals surface area contributed by atoms with Crippen molar-refractivity contribution in [2.75, 3.05) is 32.1 Å². The van der Waals surface area contributed by atoms with Gasteiger partial charge in [-0.2, -0.15) is 0 Å². The number of likely N-dealkylation sites (N-methyl/N-ethyl adjacent to an activating group) is 1. The molecule has 1 aromatic rings. The summed E-state index contributed by atoms with van der Waals surface area (Å²) < 4.78 is 4.77. The Morgan fingerprint density at radius 3 is 2.75 bits per heavy atom. The molecule has 1 heterocycles. The summed E-state index contributed by atoms with van der Waals surface area (Å²) in [5, 5.41) is 3.21. The first-order valence-corrected chi connectivity index (χ1v) is 5.36. The summed E-state index contributed by atoms with van der Waals surface area (Å²) in [7, 11) is 3.36. The fourth-order valence-electron chi connectivity index (χ4n) is 1.89. The number of carbonyl (C=O) groups is 1. The maximum absolute atomic E-state index is 11.6. The fourth-order valence-corrected chi connectivity index (χ4v) is 1.89. The van der Waals surface area contributed by atoms with Gasteiger partial charge in [0.1, 0.15) is 0 Å². The van der Waals surface area contributed by atoms with E-state index in [-0.39, 0.29) is 5.97 Å². The maximum Gasteiger partial charge on any atom is 0.339 e. The van der Waals surface area contributed by atoms with Crippen molar-refractivity contribution in [3.8, 4) is 0 Å². The minimum absolute atomic E-state index is 0.275. The van der Waals surface area contributed by atoms with E-state index in [1.165, 1.54) is 7.11 Å². The second kappa shape index (κ2) is 4.53. The number of nitrogens with zero attached hydrogens (tertiary/aromatic N) is 1. The monoisotopic (exact) mass is 220 g/mol. The first-order valence-electron chi connectivity index (χ1n) is 5.36. The number of rotatable bonds is 3. The fraction of sp³-hybridized carbons (Fsp3) is 0.417. The number of methoxy groups -OCH3 is 1. The van der Waals surface area contributed by atoms with Gasteiger partial charge in [-0.05, 0) is 19.2 Å². The molecule has 0 saturated carbocycles. The minimum Gasteiger partial charge on any atom is -0.465 e. The highest BCUT2D eigenvalue weighted by atomic mass is 16.5. The van der Waals surface area contributed by atoms with Crippen LogP contribution >= 0.6 is 0 Å². The zero-order valence-corrected chi connectivity index (χ0v) is 9.56. The third kappa shape index (κ3) is 1.88. The molecule has 0 aliphatic carbocycles. The van der Waals surface area contributed by atoms with E-state index in [0.29, 0.717) is 11.6 Å². The Labute approximate surface area is 95.2 Å². The van der Waals surface area contributed by atoms with Crippen LogP contribution in [0.3, 0.4) is 0 Å². The standard InChI is InChI=1S/C12H16N2O2/c1-13-9-7-14(8-9)11-6-4-3-5-10(11)12(15)16-2/h3-6,9,13H,7-8H2,1-2H3. The average molecular weight is 220 g/mol. The van der Waals surface area contributed by atoms with E-state index in [9.17, 15) is 4.79 Å². The van der Waals surface area contributed by atoms with Crippen molar-refractivity contribution in [1.82, 2.24) is 5.32 Å². The normalized spacial score (nSPS) is 15.8. The van der Waals surface area contributed by atoms with Gasteiger partial charge in [0.25, 0.3) is 0 Å². The summed E-state index contributed by atoms with van der Waals surface area (Å²) in [6.45, 7) is 1.87. The lowest BCUT2D eigenvalue weighted by molar-refractivity contribution is 0.0601. The van der Waals surface area contributed by atoms with E-state index in [4.69, 9.17) is 4.74 Å². The Morgan fingerprint density at radius 2 is 2.12 bits per heavy atom. The van der Waals surface area contributed by atoms with Crippen molar-refractivity contribution >= 4 is 11.7 Å². The van der Waals surface area contributed by atoms with Gasteiger partial charge < -0.3 is 15.0 Å². The number of ether oxygens (including phenoxy) is 1. The summed E-state index contributed by atoms with van der Waals surface area (Å²) >= 11 is 0. The van der Waals surface area contributed by atoms with E-state index in [1.54, 1.807) is 6.07 Å². The smallest absolute Gasteiger partial charge is 0.339 e. The zero-order valence-electron chi connectivity index (χ0n) is 9.56. The molecule has 4 heteroatoms. The summed E-state index contributed by atoms with van der Waals surface area (Å²) in [4.78, 5) is 13.7. The predicted molar refractivity (Wildman–Crippen MR) is 62.8 cm³/mol. The summed E-state index contributed by atoms with van der Waals surface area (Å²) in [5.74, 6) is -0.275. The van der Waals surface area contributed by atoms with Gasteiger partial charge in [0, 0.05) is 19.1 Å². The second-order valence-electron chi connectivity index (χ2n) is 3.90. The van der Waals surface area contributed by atoms with Gasteiger partial charge in [0.05, 0.1) is 18.4 Å². The Hall–Kier alpha value is -1.55. The first-order chi connectivity index (χ1) is 7.76. The quantitative estimate of drug-likeness (QED) is 0.768. The lowest BCUT2D eigenvalue weighted by Gasteiger charge is -2.41. The van der Waals surface area contributed by atoms with Crippen molar-refractivity contribution in [3.63, 3.8) is 0 Å². The van der Waals surface area contributed by atoms with Crippen LogP contribution in [0.1, 0.15) is 10.4 Å². The molecule has 1 saturated heterocycles. The Morgan fingerprint density at radius 1 is 1.44 bits per heavy atom. The molecule has 0 bridgehead atoms. The summed E-state index contributed by atoms with van der Waals surface area (Å²) in [5.41, 5.74) is 1.60. The third-order valence-electron chi connectivity index (χ3n) is 2.94. The molecule has 86 valence electrons. The van der Waals surface area contributed by atoms with Crippen molar-refractivity contribution in [1.29, 1.82) is 0 Å². The molecule has 0 spiro atoms. The third-order valence-corrected chi connectivity index (χ3v) is 2.94. The van der Waals surface area contributed by atoms with Crippen LogP contribution in [0.2, 0.25) is 0 Å². The van der Waals surface area contributed by atoms with Crippen LogP contribution in [-0.4, -0.2) is 39.3 Å². The first kappa shape index (κ1) is 11.0. The molecule has 16 heavy (non-hydrogen) atoms. The number of hydrogen-bond donors (Lipinski definition) is 1. The number of nitrogens with one attached hydrogen (secondary N) is 1. The van der Waals surface area contributed by atoms with Crippen molar-refractivity contribution < 1.29 is 9.53 Å². The lowest BCUT2D eigenvalue weighted by atomic mass is 10.0. The van der Waals surface area contributed by atoms with Crippen LogP contribution < -0.4 is 10.2 Å². The molecule has 0 aromatic heterocycles. The molecular formula is C12H16N2O2. The SMILES string of the molecule is CNC1CN(c2ccccc2C(=O)OC)C1. The van der Waals surface area contributed by atoms with Crippen LogP contribution in [0, 0.1) is 0 Å². The van der Waals surface area contributed by atoms with E-state index >= 15 is 0 Å². The molecular weight excluding hydrogens is 204 g/mol. The van der Waals surface area contributed by atoms with Crippen molar-refractivity contribution in [2.45, 2.75) is 6.04 Å². The molecule has 1 aliphatic rings. The average Bonchev–Trinajstić information content (AvgIpc) is 2.27. The minimum atomic E-state index is -0.275. The summed E-state index contributed by atoms with van der Waals surface area (Å²) in [6.07, 6.45) is 0. The van der Waals surface area contributed by atoms with Crippen molar-refractivity contribution in [2.24, 2.45) is 0 Å². The molecule has 1 aliphatic heterocycles. The van der Waals surface area contributed by atoms with Crippen LogP contribution in [-0.2, 0) is 4.74 Å². The van der Waals surface area contributed by atoms with E-state index in [2.05, 4.69) is 10.2 Å². The van der Waals surface area contributed by atoms with Gasteiger partial charge in [-0.15, -0.1) is 0 Å². The predicted octanol–water partition coefficient (Wildman–Crippen LogP) is 0.881. The van der Waals surface area contributed by atoms with E-state index in [1.807, 2.05) is 25.2 Å². The lowest BCUT2D eigenvalue weighted by Crippen LogP contribution is -2.57. The molecule has 1 N–H and O–H groups in total. The molecule has 0 atom stereocenters. The van der Waals surface area contributed by atoms with E-state index < -0.39 is 0 Å².